The zero-order chi connectivity index (χ0) is 13.5. The molecule has 0 aromatic carbocycles. The minimum Gasteiger partial charge on any atom is -0.433 e. The molecule has 9 heteroatoms. The Morgan fingerprint density at radius 2 is 1.29 bits per heavy atom. The molecule has 98 valence electrons. The van der Waals surface area contributed by atoms with Crippen LogP contribution in [0.1, 0.15) is 27.7 Å². The molecule has 0 unspecified atom stereocenters. The lowest BCUT2D eigenvalue weighted by atomic mass is 10.9. The molecule has 17 heavy (non-hydrogen) atoms. The first-order valence-electron chi connectivity index (χ1n) is 5.04. The molecule has 0 aliphatic carbocycles. The Kier molecular flexibility index (Phi) is 6.69. The summed E-state index contributed by atoms with van der Waals surface area (Å²) >= 11 is 0. The zero-order valence-electron chi connectivity index (χ0n) is 10.3. The maximum Gasteiger partial charge on any atom is 0.887 e. The third-order valence-electron chi connectivity index (χ3n) is 1.29. The van der Waals surface area contributed by atoms with Gasteiger partial charge in [-0.2, -0.15) is 0 Å². The van der Waals surface area contributed by atoms with E-state index in [1.54, 1.807) is 0 Å². The SMILES string of the molecule is CC[SiH2]O[Si](OC(C)=O)(OC(C)=O)OC(C)=O. The number of carbonyl (C=O) groups excluding carboxylic acids is 3. The second kappa shape index (κ2) is 7.19. The van der Waals surface area contributed by atoms with Gasteiger partial charge in [0.25, 0.3) is 17.9 Å². The van der Waals surface area contributed by atoms with Crippen LogP contribution in [0.4, 0.5) is 0 Å². The second-order valence-corrected chi connectivity index (χ2v) is 7.30. The van der Waals surface area contributed by atoms with Crippen LogP contribution in [0.5, 0.6) is 0 Å². The Hall–Kier alpha value is -1.20. The highest BCUT2D eigenvalue weighted by Gasteiger charge is 2.56. The molecule has 0 saturated carbocycles. The van der Waals surface area contributed by atoms with Crippen molar-refractivity contribution in [2.45, 2.75) is 33.7 Å². The van der Waals surface area contributed by atoms with Crippen LogP contribution in [0, 0.1) is 0 Å². The smallest absolute Gasteiger partial charge is 0.433 e. The molecule has 0 rings (SSSR count). The number of carbonyl (C=O) groups is 3. The molecule has 0 aliphatic rings. The van der Waals surface area contributed by atoms with Crippen LogP contribution >= 0.6 is 0 Å². The van der Waals surface area contributed by atoms with Crippen molar-refractivity contribution in [1.29, 1.82) is 0 Å². The first-order valence-corrected chi connectivity index (χ1v) is 8.25. The normalized spacial score (nSPS) is 11.3. The highest BCUT2D eigenvalue weighted by atomic mass is 28.4. The summed E-state index contributed by atoms with van der Waals surface area (Å²) in [4.78, 5) is 32.9. The molecule has 7 nitrogen and oxygen atoms in total. The second-order valence-electron chi connectivity index (χ2n) is 3.13. The quantitative estimate of drug-likeness (QED) is 0.614. The molecule has 0 aromatic heterocycles. The predicted molar refractivity (Wildman–Crippen MR) is 61.2 cm³/mol. The first kappa shape index (κ1) is 15.8. The predicted octanol–water partition coefficient (Wildman–Crippen LogP) is -0.350. The summed E-state index contributed by atoms with van der Waals surface area (Å²) in [6.07, 6.45) is 0. The lowest BCUT2D eigenvalue weighted by Gasteiger charge is -2.24. The van der Waals surface area contributed by atoms with E-state index < -0.39 is 36.7 Å². The molecular formula is C8H16O7Si2. The van der Waals surface area contributed by atoms with Crippen LogP contribution in [0.15, 0.2) is 0 Å². The van der Waals surface area contributed by atoms with E-state index in [4.69, 9.17) is 17.4 Å². The average Bonchev–Trinajstić information content (AvgIpc) is 2.11. The summed E-state index contributed by atoms with van der Waals surface area (Å²) in [5.74, 6) is -2.20. The van der Waals surface area contributed by atoms with Gasteiger partial charge in [0.2, 0.25) is 0 Å². The van der Waals surface area contributed by atoms with Crippen molar-refractivity contribution in [3.05, 3.63) is 0 Å². The maximum absolute atomic E-state index is 11.0. The molecule has 0 fully saturated rings. The fraction of sp³-hybridized carbons (Fsp3) is 0.625. The third kappa shape index (κ3) is 6.86. The van der Waals surface area contributed by atoms with Crippen molar-refractivity contribution >= 4 is 36.7 Å². The Balaban J connectivity index is 4.95. The van der Waals surface area contributed by atoms with E-state index in [-0.39, 0.29) is 0 Å². The largest absolute Gasteiger partial charge is 0.887 e. The number of hydrogen-bond acceptors (Lipinski definition) is 7. The van der Waals surface area contributed by atoms with Gasteiger partial charge in [0.1, 0.15) is 0 Å². The molecule has 0 aromatic rings. The highest BCUT2D eigenvalue weighted by Crippen LogP contribution is 2.13. The van der Waals surface area contributed by atoms with Crippen LogP contribution in [0.3, 0.4) is 0 Å². The Morgan fingerprint density at radius 3 is 1.53 bits per heavy atom. The lowest BCUT2D eigenvalue weighted by Crippen LogP contribution is -2.53. The standard InChI is InChI=1S/C8H16O7Si2/c1-5-16-15-17(12-6(2)9,13-7(3)10)14-8(4)11/h5,16H2,1-4H3. The van der Waals surface area contributed by atoms with Gasteiger partial charge >= 0.3 is 9.05 Å². The fourth-order valence-electron chi connectivity index (χ4n) is 0.906. The summed E-state index contributed by atoms with van der Waals surface area (Å²) in [6.45, 7) is 5.21. The van der Waals surface area contributed by atoms with Crippen molar-refractivity contribution in [3.63, 3.8) is 0 Å². The van der Waals surface area contributed by atoms with Crippen molar-refractivity contribution in [2.24, 2.45) is 0 Å². The van der Waals surface area contributed by atoms with Gasteiger partial charge < -0.3 is 17.4 Å². The minimum absolute atomic E-state index is 0.721. The maximum atomic E-state index is 11.0. The van der Waals surface area contributed by atoms with Crippen LogP contribution in [0.2, 0.25) is 6.04 Å². The molecule has 0 N–H and O–H groups in total. The minimum atomic E-state index is -3.99. The fourth-order valence-corrected chi connectivity index (χ4v) is 4.61. The van der Waals surface area contributed by atoms with Gasteiger partial charge in [-0.05, 0) is 6.04 Å². The Morgan fingerprint density at radius 1 is 0.941 bits per heavy atom. The van der Waals surface area contributed by atoms with Crippen molar-refractivity contribution in [1.82, 2.24) is 0 Å². The van der Waals surface area contributed by atoms with Crippen molar-refractivity contribution in [3.8, 4) is 0 Å². The van der Waals surface area contributed by atoms with Crippen molar-refractivity contribution in [2.75, 3.05) is 0 Å². The molecule has 0 atom stereocenters. The molecule has 0 bridgehead atoms. The Labute approximate surface area is 103 Å². The van der Waals surface area contributed by atoms with Gasteiger partial charge in [0.15, 0.2) is 9.76 Å². The highest BCUT2D eigenvalue weighted by molar-refractivity contribution is 6.64. The first-order chi connectivity index (χ1) is 7.81. The van der Waals surface area contributed by atoms with Gasteiger partial charge in [0, 0.05) is 20.8 Å². The van der Waals surface area contributed by atoms with E-state index in [0.29, 0.717) is 0 Å². The van der Waals surface area contributed by atoms with Gasteiger partial charge in [-0.25, -0.2) is 0 Å². The third-order valence-corrected chi connectivity index (χ3v) is 5.54. The molecule has 0 spiro atoms. The van der Waals surface area contributed by atoms with Gasteiger partial charge in [-0.15, -0.1) is 0 Å². The summed E-state index contributed by atoms with van der Waals surface area (Å²) in [5.41, 5.74) is 0. The van der Waals surface area contributed by atoms with E-state index in [2.05, 4.69) is 0 Å². The van der Waals surface area contributed by atoms with Gasteiger partial charge in [-0.1, -0.05) is 6.92 Å². The summed E-state index contributed by atoms with van der Waals surface area (Å²) in [6, 6.07) is 0.721. The molecule has 0 saturated heterocycles. The zero-order valence-corrected chi connectivity index (χ0v) is 12.7. The van der Waals surface area contributed by atoms with E-state index in [1.165, 1.54) is 0 Å². The molecule has 0 amide bonds. The van der Waals surface area contributed by atoms with Crippen LogP contribution in [-0.4, -0.2) is 36.7 Å². The van der Waals surface area contributed by atoms with Crippen LogP contribution in [-0.2, 0) is 31.8 Å². The van der Waals surface area contributed by atoms with Crippen LogP contribution in [0.25, 0.3) is 0 Å². The van der Waals surface area contributed by atoms with Crippen molar-refractivity contribution < 1.29 is 31.8 Å². The monoisotopic (exact) mass is 280 g/mol. The van der Waals surface area contributed by atoms with E-state index in [0.717, 1.165) is 26.8 Å². The van der Waals surface area contributed by atoms with Crippen LogP contribution < -0.4 is 0 Å². The average molecular weight is 280 g/mol. The number of rotatable bonds is 6. The van der Waals surface area contributed by atoms with E-state index in [9.17, 15) is 14.4 Å². The number of hydrogen-bond donors (Lipinski definition) is 0. The molecular weight excluding hydrogens is 264 g/mol. The summed E-state index contributed by atoms with van der Waals surface area (Å²) in [5, 5.41) is 0. The van der Waals surface area contributed by atoms with E-state index in [1.807, 2.05) is 6.92 Å². The lowest BCUT2D eigenvalue weighted by molar-refractivity contribution is -0.152. The molecule has 0 radical (unpaired) electrons. The molecule has 0 heterocycles. The van der Waals surface area contributed by atoms with Gasteiger partial charge in [-0.3, -0.25) is 14.4 Å². The topological polar surface area (TPSA) is 88.1 Å². The summed E-state index contributed by atoms with van der Waals surface area (Å²) < 4.78 is 19.6. The Bertz CT molecular complexity index is 263. The van der Waals surface area contributed by atoms with Gasteiger partial charge in [0.05, 0.1) is 0 Å². The summed E-state index contributed by atoms with van der Waals surface area (Å²) in [7, 11) is -5.07. The molecule has 0 aliphatic heterocycles. The van der Waals surface area contributed by atoms with E-state index >= 15 is 0 Å².